The Hall–Kier alpha value is -2.97. The molecule has 0 aliphatic heterocycles. The number of aromatic nitrogens is 1. The molecule has 4 aromatic carbocycles. The van der Waals surface area contributed by atoms with Crippen molar-refractivity contribution in [2.45, 2.75) is 28.2 Å². The van der Waals surface area contributed by atoms with Crippen molar-refractivity contribution in [2.24, 2.45) is 0 Å². The number of nitrogens with zero attached hydrogens (tertiary/aromatic N) is 1. The molecular weight excluding hydrogens is 358 g/mol. The first kappa shape index (κ1) is 17.2. The average Bonchev–Trinajstić information content (AvgIpc) is 3.09. The molecule has 5 rings (SSSR count). The van der Waals surface area contributed by atoms with E-state index in [0.29, 0.717) is 0 Å². The first-order valence-corrected chi connectivity index (χ1v) is 10.9. The number of benzene rings is 4. The van der Waals surface area contributed by atoms with Gasteiger partial charge < -0.3 is 4.57 Å². The molecule has 0 radical (unpaired) electrons. The van der Waals surface area contributed by atoms with Crippen molar-refractivity contribution in [2.75, 3.05) is 0 Å². The fourth-order valence-corrected chi connectivity index (χ4v) is 6.14. The van der Waals surface area contributed by atoms with Gasteiger partial charge in [-0.05, 0) is 49.4 Å². The SMILES string of the molecule is CCn1c2ccccc2c2cc([S+](c3ccccc3)c3ccccc3)ccc21. The summed E-state index contributed by atoms with van der Waals surface area (Å²) in [6, 6.07) is 37.5. The Morgan fingerprint density at radius 1 is 0.571 bits per heavy atom. The minimum absolute atomic E-state index is 0.116. The summed E-state index contributed by atoms with van der Waals surface area (Å²) < 4.78 is 2.41. The van der Waals surface area contributed by atoms with Gasteiger partial charge >= 0.3 is 0 Å². The summed E-state index contributed by atoms with van der Waals surface area (Å²) in [5.74, 6) is 0. The van der Waals surface area contributed by atoms with Crippen LogP contribution in [0.1, 0.15) is 6.92 Å². The maximum Gasteiger partial charge on any atom is 0.167 e. The van der Waals surface area contributed by atoms with E-state index in [9.17, 15) is 0 Å². The van der Waals surface area contributed by atoms with Crippen LogP contribution in [0, 0.1) is 0 Å². The van der Waals surface area contributed by atoms with Crippen molar-refractivity contribution < 1.29 is 0 Å². The van der Waals surface area contributed by atoms with Crippen molar-refractivity contribution in [1.82, 2.24) is 4.57 Å². The van der Waals surface area contributed by atoms with Crippen LogP contribution in [0.5, 0.6) is 0 Å². The highest BCUT2D eigenvalue weighted by molar-refractivity contribution is 7.97. The number of para-hydroxylation sites is 1. The number of aryl methyl sites for hydroxylation is 1. The molecule has 136 valence electrons. The standard InChI is InChI=1S/C26H22NS/c1-2-27-25-16-10-9-15-23(25)24-19-22(17-18-26(24)27)28(20-11-5-3-6-12-20)21-13-7-4-8-14-21/h3-19H,2H2,1H3/q+1. The van der Waals surface area contributed by atoms with E-state index in [1.807, 2.05) is 0 Å². The Kier molecular flexibility index (Phi) is 4.42. The molecule has 0 aliphatic carbocycles. The maximum absolute atomic E-state index is 2.41. The van der Waals surface area contributed by atoms with Crippen LogP contribution in [-0.2, 0) is 17.4 Å². The Balaban J connectivity index is 1.77. The highest BCUT2D eigenvalue weighted by atomic mass is 32.2. The van der Waals surface area contributed by atoms with Crippen molar-refractivity contribution in [3.63, 3.8) is 0 Å². The van der Waals surface area contributed by atoms with Crippen LogP contribution in [0.2, 0.25) is 0 Å². The Morgan fingerprint density at radius 2 is 1.14 bits per heavy atom. The lowest BCUT2D eigenvalue weighted by molar-refractivity contribution is 0.827. The van der Waals surface area contributed by atoms with Crippen molar-refractivity contribution in [3.8, 4) is 0 Å². The smallest absolute Gasteiger partial charge is 0.167 e. The minimum Gasteiger partial charge on any atom is -0.341 e. The zero-order valence-electron chi connectivity index (χ0n) is 15.9. The van der Waals surface area contributed by atoms with Crippen LogP contribution in [0.3, 0.4) is 0 Å². The Labute approximate surface area is 168 Å². The van der Waals surface area contributed by atoms with E-state index in [4.69, 9.17) is 0 Å². The number of fused-ring (bicyclic) bond motifs is 3. The van der Waals surface area contributed by atoms with E-state index in [2.05, 4.69) is 115 Å². The molecule has 1 heterocycles. The Morgan fingerprint density at radius 3 is 1.79 bits per heavy atom. The third-order valence-corrected chi connectivity index (χ3v) is 7.47. The number of rotatable bonds is 4. The van der Waals surface area contributed by atoms with Crippen LogP contribution >= 0.6 is 0 Å². The molecule has 0 N–H and O–H groups in total. The quantitative estimate of drug-likeness (QED) is 0.299. The summed E-state index contributed by atoms with van der Waals surface area (Å²) in [6.45, 7) is 3.20. The maximum atomic E-state index is 2.41. The average molecular weight is 381 g/mol. The fourth-order valence-electron chi connectivity index (χ4n) is 4.02. The minimum atomic E-state index is -0.116. The normalized spacial score (nSPS) is 11.5. The van der Waals surface area contributed by atoms with Gasteiger partial charge in [0.25, 0.3) is 0 Å². The van der Waals surface area contributed by atoms with Crippen LogP contribution in [0.25, 0.3) is 21.8 Å². The molecule has 0 fully saturated rings. The molecule has 0 saturated carbocycles. The Bertz CT molecular complexity index is 1200. The monoisotopic (exact) mass is 380 g/mol. The van der Waals surface area contributed by atoms with E-state index in [0.717, 1.165) is 6.54 Å². The summed E-state index contributed by atoms with van der Waals surface area (Å²) in [6.07, 6.45) is 0. The predicted molar refractivity (Wildman–Crippen MR) is 120 cm³/mol. The number of hydrogen-bond donors (Lipinski definition) is 0. The lowest BCUT2D eigenvalue weighted by Crippen LogP contribution is -2.04. The summed E-state index contributed by atoms with van der Waals surface area (Å²) in [7, 11) is -0.116. The molecule has 1 nitrogen and oxygen atoms in total. The summed E-state index contributed by atoms with van der Waals surface area (Å²) >= 11 is 0. The number of hydrogen-bond acceptors (Lipinski definition) is 0. The van der Waals surface area contributed by atoms with Crippen LogP contribution in [0.4, 0.5) is 0 Å². The lowest BCUT2D eigenvalue weighted by Gasteiger charge is -2.08. The van der Waals surface area contributed by atoms with E-state index in [1.54, 1.807) is 0 Å². The molecule has 0 bridgehead atoms. The molecule has 2 heteroatoms. The van der Waals surface area contributed by atoms with Crippen molar-refractivity contribution in [1.29, 1.82) is 0 Å². The van der Waals surface area contributed by atoms with Gasteiger partial charge in [0.15, 0.2) is 14.7 Å². The summed E-state index contributed by atoms with van der Waals surface area (Å²) in [4.78, 5) is 4.07. The second kappa shape index (κ2) is 7.21. The molecule has 0 amide bonds. The second-order valence-corrected chi connectivity index (χ2v) is 8.90. The highest BCUT2D eigenvalue weighted by Crippen LogP contribution is 2.36. The van der Waals surface area contributed by atoms with Gasteiger partial charge in [-0.25, -0.2) is 0 Å². The largest absolute Gasteiger partial charge is 0.341 e. The van der Waals surface area contributed by atoms with Gasteiger partial charge in [0.1, 0.15) is 0 Å². The van der Waals surface area contributed by atoms with Gasteiger partial charge in [-0.15, -0.1) is 0 Å². The van der Waals surface area contributed by atoms with Crippen molar-refractivity contribution in [3.05, 3.63) is 103 Å². The first-order valence-electron chi connectivity index (χ1n) is 9.72. The topological polar surface area (TPSA) is 4.93 Å². The van der Waals surface area contributed by atoms with Gasteiger partial charge in [-0.3, -0.25) is 0 Å². The van der Waals surface area contributed by atoms with Gasteiger partial charge in [0.05, 0.1) is 10.9 Å². The van der Waals surface area contributed by atoms with E-state index < -0.39 is 0 Å². The molecule has 0 aliphatic rings. The summed E-state index contributed by atoms with van der Waals surface area (Å²) in [5, 5.41) is 2.69. The van der Waals surface area contributed by atoms with Gasteiger partial charge in [-0.2, -0.15) is 0 Å². The third-order valence-electron chi connectivity index (χ3n) is 5.25. The molecule has 0 unspecified atom stereocenters. The van der Waals surface area contributed by atoms with Gasteiger partial charge in [-0.1, -0.05) is 54.6 Å². The molecule has 5 aromatic rings. The molecule has 0 spiro atoms. The molecular formula is C26H22NS+. The summed E-state index contributed by atoms with van der Waals surface area (Å²) in [5.41, 5.74) is 2.63. The predicted octanol–water partition coefficient (Wildman–Crippen LogP) is 6.91. The molecule has 0 atom stereocenters. The van der Waals surface area contributed by atoms with Crippen molar-refractivity contribution >= 4 is 32.7 Å². The fraction of sp³-hybridized carbons (Fsp3) is 0.0769. The molecule has 1 aromatic heterocycles. The third kappa shape index (κ3) is 2.81. The van der Waals surface area contributed by atoms with Gasteiger partial charge in [0.2, 0.25) is 0 Å². The van der Waals surface area contributed by atoms with E-state index in [-0.39, 0.29) is 10.9 Å². The van der Waals surface area contributed by atoms with Crippen LogP contribution < -0.4 is 0 Å². The highest BCUT2D eigenvalue weighted by Gasteiger charge is 2.29. The zero-order chi connectivity index (χ0) is 18.9. The lowest BCUT2D eigenvalue weighted by atomic mass is 10.1. The first-order chi connectivity index (χ1) is 13.9. The van der Waals surface area contributed by atoms with E-state index in [1.165, 1.54) is 36.5 Å². The van der Waals surface area contributed by atoms with Crippen LogP contribution in [-0.4, -0.2) is 4.57 Å². The van der Waals surface area contributed by atoms with Crippen LogP contribution in [0.15, 0.2) is 118 Å². The van der Waals surface area contributed by atoms with Gasteiger partial charge in [0, 0.05) is 34.4 Å². The van der Waals surface area contributed by atoms with E-state index >= 15 is 0 Å². The second-order valence-electron chi connectivity index (χ2n) is 6.87. The molecule has 28 heavy (non-hydrogen) atoms. The zero-order valence-corrected chi connectivity index (χ0v) is 16.7. The molecule has 0 saturated heterocycles.